The lowest BCUT2D eigenvalue weighted by molar-refractivity contribution is 0.193. The van der Waals surface area contributed by atoms with Crippen LogP contribution in [-0.4, -0.2) is 62.1 Å². The third kappa shape index (κ3) is 4.40. The molecule has 6 heteroatoms. The minimum Gasteiger partial charge on any atom is -0.320 e. The Morgan fingerprint density at radius 2 is 2.22 bits per heavy atom. The summed E-state index contributed by atoms with van der Waals surface area (Å²) in [5.74, 6) is 2.02. The van der Waals surface area contributed by atoms with Crippen molar-refractivity contribution in [3.8, 4) is 0 Å². The van der Waals surface area contributed by atoms with E-state index in [0.717, 1.165) is 37.4 Å². The summed E-state index contributed by atoms with van der Waals surface area (Å²) < 4.78 is 24.3. The Bertz CT molecular complexity index is 333. The highest BCUT2D eigenvalue weighted by atomic mass is 32.2. The van der Waals surface area contributed by atoms with Crippen molar-refractivity contribution in [2.45, 2.75) is 38.1 Å². The quantitative estimate of drug-likeness (QED) is 0.715. The van der Waals surface area contributed by atoms with Crippen molar-refractivity contribution in [2.75, 3.05) is 37.4 Å². The van der Waals surface area contributed by atoms with E-state index in [1.54, 1.807) is 18.7 Å². The van der Waals surface area contributed by atoms with E-state index in [1.165, 1.54) is 0 Å². The van der Waals surface area contributed by atoms with Gasteiger partial charge >= 0.3 is 0 Å². The van der Waals surface area contributed by atoms with Crippen LogP contribution in [0.3, 0.4) is 0 Å². The van der Waals surface area contributed by atoms with Crippen molar-refractivity contribution >= 4 is 21.6 Å². The van der Waals surface area contributed by atoms with E-state index in [0.29, 0.717) is 6.04 Å². The Kier molecular flexibility index (Phi) is 6.98. The van der Waals surface area contributed by atoms with Gasteiger partial charge in [-0.15, -0.1) is 0 Å². The number of hydrogen-bond donors (Lipinski definition) is 1. The molecule has 1 fully saturated rings. The fourth-order valence-electron chi connectivity index (χ4n) is 2.34. The maximum Gasteiger partial charge on any atom is 0.166 e. The molecule has 108 valence electrons. The van der Waals surface area contributed by atoms with Crippen LogP contribution < -0.4 is 5.32 Å². The molecule has 2 atom stereocenters. The van der Waals surface area contributed by atoms with Crippen molar-refractivity contribution in [3.05, 3.63) is 0 Å². The second-order valence-electron chi connectivity index (χ2n) is 4.81. The Morgan fingerprint density at radius 3 is 2.83 bits per heavy atom. The van der Waals surface area contributed by atoms with E-state index in [2.05, 4.69) is 17.1 Å². The van der Waals surface area contributed by atoms with Gasteiger partial charge in [0.1, 0.15) is 5.37 Å². The van der Waals surface area contributed by atoms with E-state index in [1.807, 2.05) is 7.05 Å². The van der Waals surface area contributed by atoms with Crippen molar-refractivity contribution < 1.29 is 8.42 Å². The van der Waals surface area contributed by atoms with Gasteiger partial charge in [-0.3, -0.25) is 4.90 Å². The number of hydrogen-bond acceptors (Lipinski definition) is 5. The zero-order valence-electron chi connectivity index (χ0n) is 11.7. The summed E-state index contributed by atoms with van der Waals surface area (Å²) in [4.78, 5) is 2.20. The summed E-state index contributed by atoms with van der Waals surface area (Å²) >= 11 is 1.76. The fourth-order valence-corrected chi connectivity index (χ4v) is 5.47. The first-order valence-corrected chi connectivity index (χ1v) is 9.59. The molecule has 0 aromatic carbocycles. The van der Waals surface area contributed by atoms with E-state index >= 15 is 0 Å². The van der Waals surface area contributed by atoms with Crippen LogP contribution in [0.25, 0.3) is 0 Å². The van der Waals surface area contributed by atoms with Crippen molar-refractivity contribution in [1.29, 1.82) is 0 Å². The van der Waals surface area contributed by atoms with E-state index < -0.39 is 9.84 Å². The standard InChI is InChI=1S/C12H26N2O2S2/c1-4-18(15,16)12-10-17-9-8-14(12)11(2)6-5-7-13-3/h11-13H,4-10H2,1-3H3. The van der Waals surface area contributed by atoms with Gasteiger partial charge in [-0.05, 0) is 33.4 Å². The molecule has 1 heterocycles. The summed E-state index contributed by atoms with van der Waals surface area (Å²) in [7, 11) is -1.01. The fraction of sp³-hybridized carbons (Fsp3) is 1.00. The lowest BCUT2D eigenvalue weighted by Gasteiger charge is -2.39. The lowest BCUT2D eigenvalue weighted by Crippen LogP contribution is -2.51. The molecule has 18 heavy (non-hydrogen) atoms. The molecule has 0 radical (unpaired) electrons. The van der Waals surface area contributed by atoms with Crippen molar-refractivity contribution in [3.63, 3.8) is 0 Å². The predicted molar refractivity (Wildman–Crippen MR) is 79.9 cm³/mol. The summed E-state index contributed by atoms with van der Waals surface area (Å²) in [5, 5.41) is 2.87. The second kappa shape index (κ2) is 7.72. The molecule has 0 aromatic rings. The second-order valence-corrected chi connectivity index (χ2v) is 8.41. The van der Waals surface area contributed by atoms with Crippen LogP contribution in [0.2, 0.25) is 0 Å². The zero-order valence-corrected chi connectivity index (χ0v) is 13.3. The minimum absolute atomic E-state index is 0.248. The average molecular weight is 294 g/mol. The number of nitrogens with one attached hydrogen (secondary N) is 1. The smallest absolute Gasteiger partial charge is 0.166 e. The highest BCUT2D eigenvalue weighted by molar-refractivity contribution is 8.01. The van der Waals surface area contributed by atoms with Crippen molar-refractivity contribution in [1.82, 2.24) is 10.2 Å². The lowest BCUT2D eigenvalue weighted by atomic mass is 10.1. The summed E-state index contributed by atoms with van der Waals surface area (Å²) in [6.07, 6.45) is 2.15. The molecule has 1 saturated heterocycles. The minimum atomic E-state index is -2.96. The summed E-state index contributed by atoms with van der Waals surface area (Å²) in [5.41, 5.74) is 0. The topological polar surface area (TPSA) is 49.4 Å². The molecule has 0 aromatic heterocycles. The molecular weight excluding hydrogens is 268 g/mol. The summed E-state index contributed by atoms with van der Waals surface area (Å²) in [6, 6.07) is 0.352. The van der Waals surface area contributed by atoms with Crippen LogP contribution in [0.5, 0.6) is 0 Å². The molecule has 0 amide bonds. The Morgan fingerprint density at radius 1 is 1.50 bits per heavy atom. The van der Waals surface area contributed by atoms with Gasteiger partial charge in [0.2, 0.25) is 0 Å². The highest BCUT2D eigenvalue weighted by Gasteiger charge is 2.34. The molecule has 2 unspecified atom stereocenters. The van der Waals surface area contributed by atoms with Gasteiger partial charge in [0.25, 0.3) is 0 Å². The normalized spacial score (nSPS) is 24.1. The summed E-state index contributed by atoms with van der Waals surface area (Å²) in [6.45, 7) is 5.80. The first-order valence-electron chi connectivity index (χ1n) is 6.72. The van der Waals surface area contributed by atoms with Crippen LogP contribution >= 0.6 is 11.8 Å². The number of rotatable bonds is 7. The van der Waals surface area contributed by atoms with Gasteiger partial charge < -0.3 is 5.32 Å². The first kappa shape index (κ1) is 16.3. The van der Waals surface area contributed by atoms with Gasteiger partial charge in [0.05, 0.1) is 0 Å². The predicted octanol–water partition coefficient (Wildman–Crippen LogP) is 1.18. The van der Waals surface area contributed by atoms with Gasteiger partial charge in [0.15, 0.2) is 9.84 Å². The number of thioether (sulfide) groups is 1. The van der Waals surface area contributed by atoms with Crippen molar-refractivity contribution in [2.24, 2.45) is 0 Å². The first-order chi connectivity index (χ1) is 8.53. The molecule has 0 saturated carbocycles. The van der Waals surface area contributed by atoms with E-state index in [9.17, 15) is 8.42 Å². The maximum atomic E-state index is 12.1. The Labute approximate surface area is 116 Å². The largest absolute Gasteiger partial charge is 0.320 e. The van der Waals surface area contributed by atoms with Gasteiger partial charge in [0, 0.05) is 29.8 Å². The molecular formula is C12H26N2O2S2. The Hall–Kier alpha value is 0.220. The van der Waals surface area contributed by atoms with E-state index in [-0.39, 0.29) is 11.1 Å². The van der Waals surface area contributed by atoms with E-state index in [4.69, 9.17) is 0 Å². The molecule has 0 spiro atoms. The molecule has 0 bridgehead atoms. The van der Waals surface area contributed by atoms with Crippen LogP contribution in [0.1, 0.15) is 26.7 Å². The molecule has 4 nitrogen and oxygen atoms in total. The SMILES string of the molecule is CCS(=O)(=O)C1CSCCN1C(C)CCCNC. The molecule has 1 N–H and O–H groups in total. The van der Waals surface area contributed by atoms with Gasteiger partial charge in [-0.1, -0.05) is 6.92 Å². The third-order valence-electron chi connectivity index (χ3n) is 3.56. The number of nitrogens with zero attached hydrogens (tertiary/aromatic N) is 1. The molecule has 1 rings (SSSR count). The zero-order chi connectivity index (χ0) is 13.6. The number of sulfone groups is 1. The van der Waals surface area contributed by atoms with Crippen LogP contribution in [0, 0.1) is 0 Å². The highest BCUT2D eigenvalue weighted by Crippen LogP contribution is 2.24. The van der Waals surface area contributed by atoms with Crippen LogP contribution in [0.15, 0.2) is 0 Å². The average Bonchev–Trinajstić information content (AvgIpc) is 2.39. The Balaban J connectivity index is 2.64. The van der Waals surface area contributed by atoms with Gasteiger partial charge in [-0.2, -0.15) is 11.8 Å². The molecule has 0 aliphatic carbocycles. The third-order valence-corrected chi connectivity index (χ3v) is 6.86. The molecule has 1 aliphatic heterocycles. The van der Waals surface area contributed by atoms with Crippen LogP contribution in [0.4, 0.5) is 0 Å². The van der Waals surface area contributed by atoms with Crippen LogP contribution in [-0.2, 0) is 9.84 Å². The monoisotopic (exact) mass is 294 g/mol. The molecule has 1 aliphatic rings. The van der Waals surface area contributed by atoms with Gasteiger partial charge in [-0.25, -0.2) is 8.42 Å². The maximum absolute atomic E-state index is 12.1.